The van der Waals surface area contributed by atoms with Gasteiger partial charge in [-0.15, -0.1) is 0 Å². The normalized spacial score (nSPS) is 20.8. The smallest absolute Gasteiger partial charge is 0.310 e. The molecule has 0 bridgehead atoms. The maximum absolute atomic E-state index is 11.5. The molecule has 3 N–H and O–H groups in total. The third kappa shape index (κ3) is 3.81. The summed E-state index contributed by atoms with van der Waals surface area (Å²) in [4.78, 5) is 22.4. The van der Waals surface area contributed by atoms with Gasteiger partial charge in [0.2, 0.25) is 5.91 Å². The molecule has 16 heavy (non-hydrogen) atoms. The van der Waals surface area contributed by atoms with Gasteiger partial charge < -0.3 is 15.7 Å². The van der Waals surface area contributed by atoms with E-state index in [0.29, 0.717) is 12.3 Å². The first kappa shape index (κ1) is 13.0. The molecule has 1 unspecified atom stereocenters. The Bertz CT molecular complexity index is 270. The number of hydrogen-bond donors (Lipinski definition) is 3. The summed E-state index contributed by atoms with van der Waals surface area (Å²) in [6, 6.07) is 0. The second kappa shape index (κ2) is 5.30. The average Bonchev–Trinajstić information content (AvgIpc) is 2.67. The zero-order valence-corrected chi connectivity index (χ0v) is 9.88. The molecule has 0 aliphatic carbocycles. The number of rotatable bonds is 5. The van der Waals surface area contributed by atoms with Gasteiger partial charge in [-0.3, -0.25) is 9.59 Å². The van der Waals surface area contributed by atoms with Crippen LogP contribution in [0.2, 0.25) is 0 Å². The van der Waals surface area contributed by atoms with Crippen molar-refractivity contribution >= 4 is 11.9 Å². The summed E-state index contributed by atoms with van der Waals surface area (Å²) in [7, 11) is 0. The highest BCUT2D eigenvalue weighted by molar-refractivity contribution is 5.78. The van der Waals surface area contributed by atoms with Crippen molar-refractivity contribution in [2.45, 2.75) is 26.7 Å². The zero-order chi connectivity index (χ0) is 12.2. The monoisotopic (exact) mass is 228 g/mol. The van der Waals surface area contributed by atoms with Crippen molar-refractivity contribution < 1.29 is 14.7 Å². The summed E-state index contributed by atoms with van der Waals surface area (Å²) in [6.07, 6.45) is 1.51. The topological polar surface area (TPSA) is 78.4 Å². The number of hydrogen-bond acceptors (Lipinski definition) is 3. The standard InChI is InChI=1S/C11H20N2O3/c1-11(2,10(15)16)7-13-9(14)5-8-3-4-12-6-8/h8,12H,3-7H2,1-2H3,(H,13,14)(H,15,16). The van der Waals surface area contributed by atoms with Crippen LogP contribution >= 0.6 is 0 Å². The Morgan fingerprint density at radius 1 is 1.50 bits per heavy atom. The number of carbonyl (C=O) groups is 2. The lowest BCUT2D eigenvalue weighted by atomic mass is 9.93. The lowest BCUT2D eigenvalue weighted by Crippen LogP contribution is -2.39. The Morgan fingerprint density at radius 2 is 2.19 bits per heavy atom. The van der Waals surface area contributed by atoms with Gasteiger partial charge in [0.05, 0.1) is 5.41 Å². The minimum Gasteiger partial charge on any atom is -0.481 e. The van der Waals surface area contributed by atoms with Crippen LogP contribution in [-0.2, 0) is 9.59 Å². The van der Waals surface area contributed by atoms with Crippen LogP contribution < -0.4 is 10.6 Å². The molecule has 1 heterocycles. The lowest BCUT2D eigenvalue weighted by molar-refractivity contribution is -0.146. The molecule has 92 valence electrons. The molecule has 5 nitrogen and oxygen atoms in total. The van der Waals surface area contributed by atoms with Gasteiger partial charge >= 0.3 is 5.97 Å². The first-order valence-corrected chi connectivity index (χ1v) is 5.62. The number of carboxylic acid groups (broad SMARTS) is 1. The van der Waals surface area contributed by atoms with Gasteiger partial charge in [0.25, 0.3) is 0 Å². The first-order valence-electron chi connectivity index (χ1n) is 5.62. The fraction of sp³-hybridized carbons (Fsp3) is 0.818. The fourth-order valence-corrected chi connectivity index (χ4v) is 1.62. The predicted molar refractivity (Wildman–Crippen MR) is 60.0 cm³/mol. The van der Waals surface area contributed by atoms with Gasteiger partial charge in [0, 0.05) is 13.0 Å². The molecule has 1 rings (SSSR count). The van der Waals surface area contributed by atoms with Crippen LogP contribution in [0.15, 0.2) is 0 Å². The summed E-state index contributed by atoms with van der Waals surface area (Å²) in [5.74, 6) is -0.550. The summed E-state index contributed by atoms with van der Waals surface area (Å²) in [6.45, 7) is 5.25. The third-order valence-electron chi connectivity index (χ3n) is 2.94. The fourth-order valence-electron chi connectivity index (χ4n) is 1.62. The van der Waals surface area contributed by atoms with Crippen molar-refractivity contribution in [2.24, 2.45) is 11.3 Å². The van der Waals surface area contributed by atoms with Crippen LogP contribution in [0.4, 0.5) is 0 Å². The van der Waals surface area contributed by atoms with Crippen LogP contribution in [0.1, 0.15) is 26.7 Å². The van der Waals surface area contributed by atoms with Gasteiger partial charge in [-0.05, 0) is 39.3 Å². The van der Waals surface area contributed by atoms with E-state index < -0.39 is 11.4 Å². The van der Waals surface area contributed by atoms with Gasteiger partial charge in [0.15, 0.2) is 0 Å². The van der Waals surface area contributed by atoms with E-state index in [9.17, 15) is 9.59 Å². The molecule has 1 fully saturated rings. The van der Waals surface area contributed by atoms with E-state index in [1.807, 2.05) is 0 Å². The second-order valence-electron chi connectivity index (χ2n) is 5.03. The summed E-state index contributed by atoms with van der Waals surface area (Å²) in [5.41, 5.74) is -0.899. The van der Waals surface area contributed by atoms with Crippen LogP contribution in [0.5, 0.6) is 0 Å². The van der Waals surface area contributed by atoms with Crippen molar-refractivity contribution in [2.75, 3.05) is 19.6 Å². The molecule has 1 saturated heterocycles. The van der Waals surface area contributed by atoms with Crippen molar-refractivity contribution in [3.05, 3.63) is 0 Å². The van der Waals surface area contributed by atoms with Crippen molar-refractivity contribution in [1.82, 2.24) is 10.6 Å². The Morgan fingerprint density at radius 3 is 2.69 bits per heavy atom. The molecule has 1 atom stereocenters. The average molecular weight is 228 g/mol. The van der Waals surface area contributed by atoms with E-state index in [1.165, 1.54) is 0 Å². The van der Waals surface area contributed by atoms with E-state index in [2.05, 4.69) is 10.6 Å². The second-order valence-corrected chi connectivity index (χ2v) is 5.03. The Kier molecular flexibility index (Phi) is 4.29. The van der Waals surface area contributed by atoms with E-state index in [0.717, 1.165) is 19.5 Å². The van der Waals surface area contributed by atoms with Gasteiger partial charge in [-0.2, -0.15) is 0 Å². The minimum absolute atomic E-state index is 0.0528. The maximum atomic E-state index is 11.5. The van der Waals surface area contributed by atoms with E-state index in [1.54, 1.807) is 13.8 Å². The molecule has 1 amide bonds. The molecule has 1 aliphatic heterocycles. The van der Waals surface area contributed by atoms with E-state index in [-0.39, 0.29) is 12.5 Å². The number of amides is 1. The van der Waals surface area contributed by atoms with Crippen LogP contribution in [0.3, 0.4) is 0 Å². The number of nitrogens with one attached hydrogen (secondary N) is 2. The quantitative estimate of drug-likeness (QED) is 0.628. The van der Waals surface area contributed by atoms with Crippen molar-refractivity contribution in [3.8, 4) is 0 Å². The molecule has 0 spiro atoms. The third-order valence-corrected chi connectivity index (χ3v) is 2.94. The first-order chi connectivity index (χ1) is 7.42. The highest BCUT2D eigenvalue weighted by atomic mass is 16.4. The number of aliphatic carboxylic acids is 1. The molecular formula is C11H20N2O3. The molecule has 0 aromatic rings. The molecule has 1 aliphatic rings. The Labute approximate surface area is 95.6 Å². The van der Waals surface area contributed by atoms with Gasteiger partial charge in [-0.25, -0.2) is 0 Å². The SMILES string of the molecule is CC(C)(CNC(=O)CC1CCNC1)C(=O)O. The van der Waals surface area contributed by atoms with Gasteiger partial charge in [0.1, 0.15) is 0 Å². The predicted octanol–water partition coefficient (Wildman–Crippen LogP) is 0.213. The summed E-state index contributed by atoms with van der Waals surface area (Å²) in [5, 5.41) is 14.8. The molecule has 0 saturated carbocycles. The molecule has 0 aromatic carbocycles. The van der Waals surface area contributed by atoms with Crippen LogP contribution in [-0.4, -0.2) is 36.6 Å². The number of carbonyl (C=O) groups excluding carboxylic acids is 1. The Balaban J connectivity index is 2.26. The van der Waals surface area contributed by atoms with E-state index >= 15 is 0 Å². The van der Waals surface area contributed by atoms with Crippen LogP contribution in [0, 0.1) is 11.3 Å². The molecular weight excluding hydrogens is 208 g/mol. The minimum atomic E-state index is -0.899. The van der Waals surface area contributed by atoms with Gasteiger partial charge in [-0.1, -0.05) is 0 Å². The molecule has 0 radical (unpaired) electrons. The Hall–Kier alpha value is -1.10. The summed E-state index contributed by atoms with van der Waals surface area (Å²) < 4.78 is 0. The van der Waals surface area contributed by atoms with Crippen molar-refractivity contribution in [1.29, 1.82) is 0 Å². The highest BCUT2D eigenvalue weighted by Crippen LogP contribution is 2.15. The van der Waals surface area contributed by atoms with Crippen LogP contribution in [0.25, 0.3) is 0 Å². The maximum Gasteiger partial charge on any atom is 0.310 e. The zero-order valence-electron chi connectivity index (χ0n) is 9.88. The highest BCUT2D eigenvalue weighted by Gasteiger charge is 2.28. The lowest BCUT2D eigenvalue weighted by Gasteiger charge is -2.20. The van der Waals surface area contributed by atoms with E-state index in [4.69, 9.17) is 5.11 Å². The number of carboxylic acids is 1. The molecule has 5 heteroatoms. The largest absolute Gasteiger partial charge is 0.481 e. The summed E-state index contributed by atoms with van der Waals surface area (Å²) >= 11 is 0. The molecule has 0 aromatic heterocycles. The van der Waals surface area contributed by atoms with Crippen molar-refractivity contribution in [3.63, 3.8) is 0 Å².